The van der Waals surface area contributed by atoms with Crippen LogP contribution >= 0.6 is 0 Å². The Hall–Kier alpha value is -2.97. The standard InChI is InChI=1S/C20H18N2O5S/c23-19-15-8-4-5-9-16(15)20(24)18(22-10-12-27-13-11-22)17(19)21-28(25,26)14-6-2-1-3-7-14/h1-9,21H,10-13H2. The summed E-state index contributed by atoms with van der Waals surface area (Å²) >= 11 is 0. The van der Waals surface area contributed by atoms with Gasteiger partial charge in [0.25, 0.3) is 10.0 Å². The molecular weight excluding hydrogens is 380 g/mol. The van der Waals surface area contributed by atoms with E-state index >= 15 is 0 Å². The van der Waals surface area contributed by atoms with E-state index in [0.29, 0.717) is 26.3 Å². The summed E-state index contributed by atoms with van der Waals surface area (Å²) in [6.45, 7) is 1.58. The smallest absolute Gasteiger partial charge is 0.262 e. The van der Waals surface area contributed by atoms with Crippen molar-refractivity contribution in [1.29, 1.82) is 0 Å². The van der Waals surface area contributed by atoms with Crippen molar-refractivity contribution in [2.24, 2.45) is 0 Å². The number of carbonyl (C=O) groups is 2. The Labute approximate surface area is 162 Å². The van der Waals surface area contributed by atoms with Gasteiger partial charge in [-0.25, -0.2) is 8.42 Å². The zero-order chi connectivity index (χ0) is 19.7. The van der Waals surface area contributed by atoms with Gasteiger partial charge in [0.1, 0.15) is 11.4 Å². The van der Waals surface area contributed by atoms with Crippen LogP contribution in [0, 0.1) is 0 Å². The number of morpholine rings is 1. The number of nitrogens with zero attached hydrogens (tertiary/aromatic N) is 1. The number of rotatable bonds is 4. The molecule has 0 saturated carbocycles. The lowest BCUT2D eigenvalue weighted by Gasteiger charge is -2.33. The van der Waals surface area contributed by atoms with Gasteiger partial charge < -0.3 is 9.64 Å². The molecule has 7 nitrogen and oxygen atoms in total. The zero-order valence-electron chi connectivity index (χ0n) is 14.9. The van der Waals surface area contributed by atoms with E-state index in [1.54, 1.807) is 41.3 Å². The van der Waals surface area contributed by atoms with Crippen molar-refractivity contribution in [1.82, 2.24) is 9.62 Å². The predicted molar refractivity (Wildman–Crippen MR) is 101 cm³/mol. The Kier molecular flexibility index (Phi) is 4.74. The van der Waals surface area contributed by atoms with Crippen LogP contribution in [0.3, 0.4) is 0 Å². The Morgan fingerprint density at radius 3 is 2.04 bits per heavy atom. The third kappa shape index (κ3) is 3.21. The van der Waals surface area contributed by atoms with E-state index in [2.05, 4.69) is 4.72 Å². The van der Waals surface area contributed by atoms with Gasteiger partial charge in [-0.3, -0.25) is 14.3 Å². The van der Waals surface area contributed by atoms with Crippen molar-refractivity contribution >= 4 is 21.6 Å². The number of hydrogen-bond acceptors (Lipinski definition) is 6. The molecule has 0 spiro atoms. The van der Waals surface area contributed by atoms with Crippen LogP contribution in [0.5, 0.6) is 0 Å². The van der Waals surface area contributed by atoms with Crippen LogP contribution in [-0.2, 0) is 14.8 Å². The number of ether oxygens (including phenoxy) is 1. The first-order chi connectivity index (χ1) is 13.5. The van der Waals surface area contributed by atoms with Gasteiger partial charge in [-0.15, -0.1) is 0 Å². The van der Waals surface area contributed by atoms with E-state index in [-0.39, 0.29) is 33.2 Å². The molecule has 8 heteroatoms. The number of Topliss-reactive ketones (excluding diaryl/α,β-unsaturated/α-hetero) is 2. The van der Waals surface area contributed by atoms with Crippen molar-refractivity contribution in [2.45, 2.75) is 4.90 Å². The molecule has 1 heterocycles. The Balaban J connectivity index is 1.84. The number of carbonyl (C=O) groups excluding carboxylic acids is 2. The zero-order valence-corrected chi connectivity index (χ0v) is 15.7. The maximum Gasteiger partial charge on any atom is 0.262 e. The molecule has 1 fully saturated rings. The second kappa shape index (κ2) is 7.21. The number of benzene rings is 2. The lowest BCUT2D eigenvalue weighted by molar-refractivity contribution is 0.0494. The maximum atomic E-state index is 13.2. The summed E-state index contributed by atoms with van der Waals surface area (Å²) in [5, 5.41) is 0. The topological polar surface area (TPSA) is 92.8 Å². The molecule has 0 aromatic heterocycles. The highest BCUT2D eigenvalue weighted by atomic mass is 32.2. The fourth-order valence-electron chi connectivity index (χ4n) is 3.34. The van der Waals surface area contributed by atoms with Gasteiger partial charge in [-0.2, -0.15) is 0 Å². The largest absolute Gasteiger partial charge is 0.378 e. The minimum Gasteiger partial charge on any atom is -0.378 e. The molecule has 0 unspecified atom stereocenters. The van der Waals surface area contributed by atoms with Gasteiger partial charge >= 0.3 is 0 Å². The summed E-state index contributed by atoms with van der Waals surface area (Å²) in [6, 6.07) is 14.2. The average Bonchev–Trinajstić information content (AvgIpc) is 2.73. The molecule has 1 aliphatic heterocycles. The van der Waals surface area contributed by atoms with E-state index in [0.717, 1.165) is 0 Å². The molecule has 2 aromatic carbocycles. The highest BCUT2D eigenvalue weighted by Crippen LogP contribution is 2.28. The van der Waals surface area contributed by atoms with Crippen molar-refractivity contribution < 1.29 is 22.7 Å². The predicted octanol–water partition coefficient (Wildman–Crippen LogP) is 1.59. The number of sulfonamides is 1. The number of fused-ring (bicyclic) bond motifs is 1. The minimum absolute atomic E-state index is 0.0166. The number of nitrogens with one attached hydrogen (secondary N) is 1. The van der Waals surface area contributed by atoms with E-state index in [1.807, 2.05) is 0 Å². The first-order valence-corrected chi connectivity index (χ1v) is 10.3. The summed E-state index contributed by atoms with van der Waals surface area (Å²) < 4.78 is 33.4. The molecule has 2 aromatic rings. The minimum atomic E-state index is -4.03. The summed E-state index contributed by atoms with van der Waals surface area (Å²) in [6.07, 6.45) is 0. The third-order valence-electron chi connectivity index (χ3n) is 4.71. The molecular formula is C20H18N2O5S. The van der Waals surface area contributed by atoms with Crippen LogP contribution < -0.4 is 4.72 Å². The van der Waals surface area contributed by atoms with Crippen molar-refractivity contribution in [3.05, 3.63) is 77.1 Å². The van der Waals surface area contributed by atoms with Gasteiger partial charge in [0.2, 0.25) is 11.6 Å². The molecule has 4 rings (SSSR count). The molecule has 1 N–H and O–H groups in total. The summed E-state index contributed by atoms with van der Waals surface area (Å²) in [5.41, 5.74) is 0.327. The second-order valence-corrected chi connectivity index (χ2v) is 8.13. The van der Waals surface area contributed by atoms with Crippen LogP contribution in [0.4, 0.5) is 0 Å². The summed E-state index contributed by atoms with van der Waals surface area (Å²) in [7, 11) is -4.03. The maximum absolute atomic E-state index is 13.2. The Morgan fingerprint density at radius 2 is 1.39 bits per heavy atom. The number of ketones is 2. The van der Waals surface area contributed by atoms with Crippen LogP contribution in [0.2, 0.25) is 0 Å². The summed E-state index contributed by atoms with van der Waals surface area (Å²) in [4.78, 5) is 28.0. The third-order valence-corrected chi connectivity index (χ3v) is 6.08. The molecule has 0 radical (unpaired) electrons. The lowest BCUT2D eigenvalue weighted by Crippen LogP contribution is -2.44. The van der Waals surface area contributed by atoms with Gasteiger partial charge in [-0.05, 0) is 12.1 Å². The monoisotopic (exact) mass is 398 g/mol. The fourth-order valence-corrected chi connectivity index (χ4v) is 4.43. The quantitative estimate of drug-likeness (QED) is 0.841. The molecule has 28 heavy (non-hydrogen) atoms. The van der Waals surface area contributed by atoms with Crippen LogP contribution in [0.15, 0.2) is 70.9 Å². The van der Waals surface area contributed by atoms with Crippen LogP contribution in [0.1, 0.15) is 20.7 Å². The normalized spacial score (nSPS) is 17.5. The van der Waals surface area contributed by atoms with Crippen molar-refractivity contribution in [3.8, 4) is 0 Å². The fraction of sp³-hybridized carbons (Fsp3) is 0.200. The number of allylic oxidation sites excluding steroid dienone is 2. The van der Waals surface area contributed by atoms with E-state index in [4.69, 9.17) is 4.74 Å². The number of hydrogen-bond donors (Lipinski definition) is 1. The lowest BCUT2D eigenvalue weighted by atomic mass is 9.90. The van der Waals surface area contributed by atoms with Crippen molar-refractivity contribution in [3.63, 3.8) is 0 Å². The molecule has 0 atom stereocenters. The van der Waals surface area contributed by atoms with Gasteiger partial charge in [0.15, 0.2) is 0 Å². The molecule has 1 saturated heterocycles. The Morgan fingerprint density at radius 1 is 0.821 bits per heavy atom. The van der Waals surface area contributed by atoms with E-state index in [9.17, 15) is 18.0 Å². The molecule has 2 aliphatic rings. The first kappa shape index (κ1) is 18.4. The van der Waals surface area contributed by atoms with E-state index < -0.39 is 15.8 Å². The first-order valence-electron chi connectivity index (χ1n) is 8.82. The molecule has 0 bridgehead atoms. The molecule has 1 aliphatic carbocycles. The molecule has 144 valence electrons. The van der Waals surface area contributed by atoms with E-state index in [1.165, 1.54) is 18.2 Å². The van der Waals surface area contributed by atoms with Gasteiger partial charge in [-0.1, -0.05) is 42.5 Å². The summed E-state index contributed by atoms with van der Waals surface area (Å²) in [5.74, 6) is -0.890. The second-order valence-electron chi connectivity index (χ2n) is 6.45. The van der Waals surface area contributed by atoms with Gasteiger partial charge in [0, 0.05) is 24.2 Å². The van der Waals surface area contributed by atoms with Crippen LogP contribution in [-0.4, -0.2) is 51.2 Å². The highest BCUT2D eigenvalue weighted by molar-refractivity contribution is 7.89. The highest BCUT2D eigenvalue weighted by Gasteiger charge is 2.37. The average molecular weight is 398 g/mol. The Bertz CT molecular complexity index is 1070. The SMILES string of the molecule is O=C1C(NS(=O)(=O)c2ccccc2)=C(N2CCOCC2)C(=O)c2ccccc21. The van der Waals surface area contributed by atoms with Crippen molar-refractivity contribution in [2.75, 3.05) is 26.3 Å². The van der Waals surface area contributed by atoms with Crippen LogP contribution in [0.25, 0.3) is 0 Å². The van der Waals surface area contributed by atoms with Gasteiger partial charge in [0.05, 0.1) is 18.1 Å². The molecule has 0 amide bonds.